The van der Waals surface area contributed by atoms with Crippen LogP contribution in [0.5, 0.6) is 0 Å². The van der Waals surface area contributed by atoms with Crippen molar-refractivity contribution in [1.29, 1.82) is 0 Å². The molecule has 9 nitrogen and oxygen atoms in total. The predicted molar refractivity (Wildman–Crippen MR) is 174 cm³/mol. The van der Waals surface area contributed by atoms with E-state index in [0.717, 1.165) is 40.3 Å². The summed E-state index contributed by atoms with van der Waals surface area (Å²) in [6.07, 6.45) is 7.50. The van der Waals surface area contributed by atoms with Crippen LogP contribution in [0.3, 0.4) is 0 Å². The van der Waals surface area contributed by atoms with Gasteiger partial charge in [0.15, 0.2) is 0 Å². The van der Waals surface area contributed by atoms with Crippen molar-refractivity contribution < 1.29 is 14.7 Å². The van der Waals surface area contributed by atoms with E-state index in [-0.39, 0.29) is 24.8 Å². The number of carboxylic acid groups (broad SMARTS) is 1. The Balaban J connectivity index is 1.34. The summed E-state index contributed by atoms with van der Waals surface area (Å²) in [7, 11) is 0. The maximum Gasteiger partial charge on any atom is 0.303 e. The van der Waals surface area contributed by atoms with Crippen LogP contribution in [0, 0.1) is 0 Å². The summed E-state index contributed by atoms with van der Waals surface area (Å²) in [6.45, 7) is 0. The molecule has 0 radical (unpaired) electrons. The second-order valence-electron chi connectivity index (χ2n) is 11.9. The topological polar surface area (TPSA) is 121 Å². The van der Waals surface area contributed by atoms with Gasteiger partial charge < -0.3 is 10.1 Å². The Morgan fingerprint density at radius 1 is 0.956 bits per heavy atom. The smallest absolute Gasteiger partial charge is 0.303 e. The van der Waals surface area contributed by atoms with Crippen LogP contribution in [-0.2, 0) is 9.59 Å². The molecular formula is C35H32ClN5O4. The van der Waals surface area contributed by atoms with Crippen molar-refractivity contribution in [2.45, 2.75) is 63.5 Å². The number of hydrazone groups is 1. The molecule has 45 heavy (non-hydrogen) atoms. The zero-order chi connectivity index (χ0) is 31.1. The highest BCUT2D eigenvalue weighted by atomic mass is 35.5. The molecule has 0 bridgehead atoms. The zero-order valence-corrected chi connectivity index (χ0v) is 25.3. The number of carbonyl (C=O) groups excluding carboxylic acids is 1. The Bertz CT molecular complexity index is 2030. The number of benzene rings is 3. The molecule has 1 saturated carbocycles. The highest BCUT2D eigenvalue weighted by molar-refractivity contribution is 6.31. The van der Waals surface area contributed by atoms with Crippen LogP contribution in [0.2, 0.25) is 5.02 Å². The molecule has 3 aromatic carbocycles. The van der Waals surface area contributed by atoms with Gasteiger partial charge in [-0.25, -0.2) is 5.01 Å². The maximum atomic E-state index is 13.8. The molecule has 7 rings (SSSR count). The molecule has 1 aliphatic carbocycles. The Hall–Kier alpha value is -4.76. The molecule has 0 saturated heterocycles. The molecule has 2 aromatic heterocycles. The summed E-state index contributed by atoms with van der Waals surface area (Å²) < 4.78 is 2.12. The third-order valence-electron chi connectivity index (χ3n) is 8.97. The average Bonchev–Trinajstić information content (AvgIpc) is 3.69. The van der Waals surface area contributed by atoms with Gasteiger partial charge in [0.1, 0.15) is 0 Å². The highest BCUT2D eigenvalue weighted by Gasteiger charge is 2.36. The molecule has 1 fully saturated rings. The first-order valence-corrected chi connectivity index (χ1v) is 15.7. The van der Waals surface area contributed by atoms with Crippen molar-refractivity contribution in [2.75, 3.05) is 0 Å². The molecule has 2 aliphatic rings. The number of carboxylic acids is 1. The van der Waals surface area contributed by atoms with Gasteiger partial charge in [-0.2, -0.15) is 10.2 Å². The van der Waals surface area contributed by atoms with E-state index in [2.05, 4.69) is 9.67 Å². The lowest BCUT2D eigenvalue weighted by atomic mass is 9.91. The van der Waals surface area contributed by atoms with E-state index in [1.54, 1.807) is 12.1 Å². The molecule has 1 aliphatic heterocycles. The van der Waals surface area contributed by atoms with Crippen LogP contribution < -0.4 is 5.56 Å². The first kappa shape index (κ1) is 29.0. The lowest BCUT2D eigenvalue weighted by molar-refractivity contribution is -0.141. The molecule has 1 atom stereocenters. The van der Waals surface area contributed by atoms with E-state index in [4.69, 9.17) is 21.8 Å². The maximum absolute atomic E-state index is 13.8. The van der Waals surface area contributed by atoms with Gasteiger partial charge in [-0.15, -0.1) is 0 Å². The van der Waals surface area contributed by atoms with Gasteiger partial charge in [0, 0.05) is 39.7 Å². The van der Waals surface area contributed by atoms with E-state index in [1.807, 2.05) is 60.8 Å². The normalized spacial score (nSPS) is 17.2. The lowest BCUT2D eigenvalue weighted by Crippen LogP contribution is -2.27. The number of hydrogen-bond acceptors (Lipinski definition) is 5. The number of nitrogens with zero attached hydrogens (tertiary/aromatic N) is 4. The fourth-order valence-corrected chi connectivity index (χ4v) is 6.99. The number of rotatable bonds is 7. The highest BCUT2D eigenvalue weighted by Crippen LogP contribution is 2.39. The first-order chi connectivity index (χ1) is 21.9. The van der Waals surface area contributed by atoms with E-state index in [0.29, 0.717) is 33.4 Å². The fourth-order valence-electron chi connectivity index (χ4n) is 6.82. The van der Waals surface area contributed by atoms with E-state index >= 15 is 0 Å². The quantitative estimate of drug-likeness (QED) is 0.198. The number of carbonyl (C=O) groups is 2. The van der Waals surface area contributed by atoms with E-state index in [1.165, 1.54) is 24.3 Å². The molecule has 228 valence electrons. The van der Waals surface area contributed by atoms with Crippen LogP contribution in [0.1, 0.15) is 74.6 Å². The molecule has 1 amide bonds. The standard InChI is InChI=1S/C35H32ClN5O4/c36-24-12-13-27-26(18-24)33(21-7-3-1-4-8-21)34(35(45)38-27)28-19-30(41(39-28)31(42)15-16-32(43)44)22-11-14-29-23(17-22)20-37-40(29)25-9-5-2-6-10-25/h1,3-4,7-8,11-14,17-18,20,25,30H,2,5-6,9-10,15-16,19H2,(H,38,45)(H,43,44). The number of fused-ring (bicyclic) bond motifs is 2. The van der Waals surface area contributed by atoms with Gasteiger partial charge in [-0.05, 0) is 54.3 Å². The number of hydrogen-bond donors (Lipinski definition) is 2. The van der Waals surface area contributed by atoms with Gasteiger partial charge in [0.05, 0.1) is 41.5 Å². The van der Waals surface area contributed by atoms with Crippen LogP contribution in [-0.4, -0.2) is 42.5 Å². The number of aromatic amines is 1. The first-order valence-electron chi connectivity index (χ1n) is 15.4. The number of amides is 1. The number of aromatic nitrogens is 3. The summed E-state index contributed by atoms with van der Waals surface area (Å²) in [5.74, 6) is -1.48. The fraction of sp³-hybridized carbons (Fsp3) is 0.286. The van der Waals surface area contributed by atoms with Gasteiger partial charge >= 0.3 is 5.97 Å². The summed E-state index contributed by atoms with van der Waals surface area (Å²) in [6, 6.07) is 20.8. The second-order valence-corrected chi connectivity index (χ2v) is 12.3. The Morgan fingerprint density at radius 2 is 1.76 bits per heavy atom. The monoisotopic (exact) mass is 621 g/mol. The molecule has 2 N–H and O–H groups in total. The van der Waals surface area contributed by atoms with Gasteiger partial charge in [0.2, 0.25) is 5.91 Å². The molecule has 10 heteroatoms. The van der Waals surface area contributed by atoms with Gasteiger partial charge in [0.25, 0.3) is 5.56 Å². The molecule has 5 aromatic rings. The van der Waals surface area contributed by atoms with Crippen molar-refractivity contribution in [1.82, 2.24) is 19.8 Å². The second kappa shape index (κ2) is 12.0. The van der Waals surface area contributed by atoms with Crippen molar-refractivity contribution in [3.63, 3.8) is 0 Å². The Labute approximate surface area is 264 Å². The predicted octanol–water partition coefficient (Wildman–Crippen LogP) is 7.25. The van der Waals surface area contributed by atoms with Crippen LogP contribution >= 0.6 is 11.6 Å². The molecule has 0 spiro atoms. The van der Waals surface area contributed by atoms with Crippen molar-refractivity contribution in [3.8, 4) is 11.1 Å². The molecular weight excluding hydrogens is 590 g/mol. The minimum absolute atomic E-state index is 0.209. The number of aliphatic carboxylic acids is 1. The third kappa shape index (κ3) is 5.53. The van der Waals surface area contributed by atoms with Crippen molar-refractivity contribution in [3.05, 3.63) is 99.4 Å². The average molecular weight is 622 g/mol. The van der Waals surface area contributed by atoms with Gasteiger partial charge in [-0.1, -0.05) is 67.3 Å². The third-order valence-corrected chi connectivity index (χ3v) is 9.21. The van der Waals surface area contributed by atoms with E-state index < -0.39 is 17.9 Å². The van der Waals surface area contributed by atoms with Crippen molar-refractivity contribution in [2.24, 2.45) is 5.10 Å². The van der Waals surface area contributed by atoms with E-state index in [9.17, 15) is 19.5 Å². The SMILES string of the molecule is O=C(O)CCC(=O)N1N=C(c2c(-c3ccccc3)c3cc(Cl)ccc3[nH]c2=O)CC1c1ccc2c(cnn2C2CCCCC2)c1. The zero-order valence-electron chi connectivity index (χ0n) is 24.6. The minimum Gasteiger partial charge on any atom is -0.481 e. The summed E-state index contributed by atoms with van der Waals surface area (Å²) >= 11 is 6.43. The van der Waals surface area contributed by atoms with Crippen LogP contribution in [0.25, 0.3) is 32.9 Å². The van der Waals surface area contributed by atoms with Crippen LogP contribution in [0.15, 0.2) is 82.8 Å². The summed E-state index contributed by atoms with van der Waals surface area (Å²) in [5.41, 5.74) is 4.50. The molecule has 3 heterocycles. The van der Waals surface area contributed by atoms with Gasteiger partial charge in [-0.3, -0.25) is 19.1 Å². The number of halogens is 1. The number of H-pyrrole nitrogens is 1. The van der Waals surface area contributed by atoms with Crippen molar-refractivity contribution >= 4 is 51.0 Å². The number of nitrogens with one attached hydrogen (secondary N) is 1. The molecule has 1 unspecified atom stereocenters. The Kier molecular flexibility index (Phi) is 7.71. The minimum atomic E-state index is -1.06. The number of pyridine rings is 1. The summed E-state index contributed by atoms with van der Waals surface area (Å²) in [4.78, 5) is 41.7. The lowest BCUT2D eigenvalue weighted by Gasteiger charge is -2.23. The summed E-state index contributed by atoms with van der Waals surface area (Å²) in [5, 5.41) is 22.4. The van der Waals surface area contributed by atoms with Crippen LogP contribution in [0.4, 0.5) is 0 Å². The Morgan fingerprint density at radius 3 is 2.53 bits per heavy atom. The largest absolute Gasteiger partial charge is 0.481 e.